The SMILES string of the molecule is CCCC(=O)N(C)[C@H](COCCN1CCOCC1)C(=O)N(C)[C@@H](CC(C)C)C(N)=O. The maximum absolute atomic E-state index is 13.2. The molecule has 2 atom stereocenters. The molecule has 0 bridgehead atoms. The molecular formula is C21H40N4O5. The quantitative estimate of drug-likeness (QED) is 0.424. The largest absolute Gasteiger partial charge is 0.379 e. The Morgan fingerprint density at radius 1 is 1.10 bits per heavy atom. The van der Waals surface area contributed by atoms with Gasteiger partial charge < -0.3 is 25.0 Å². The molecule has 2 N–H and O–H groups in total. The van der Waals surface area contributed by atoms with Crippen LogP contribution in [0.1, 0.15) is 40.0 Å². The third kappa shape index (κ3) is 8.57. The van der Waals surface area contributed by atoms with Gasteiger partial charge in [-0.25, -0.2) is 0 Å². The number of hydrogen-bond donors (Lipinski definition) is 1. The third-order valence-electron chi connectivity index (χ3n) is 5.38. The fourth-order valence-electron chi connectivity index (χ4n) is 3.43. The third-order valence-corrected chi connectivity index (χ3v) is 5.38. The smallest absolute Gasteiger partial charge is 0.248 e. The topological polar surface area (TPSA) is 105 Å². The molecule has 30 heavy (non-hydrogen) atoms. The molecular weight excluding hydrogens is 388 g/mol. The molecule has 0 saturated carbocycles. The van der Waals surface area contributed by atoms with Crippen LogP contribution in [0.3, 0.4) is 0 Å². The van der Waals surface area contributed by atoms with E-state index in [9.17, 15) is 14.4 Å². The maximum Gasteiger partial charge on any atom is 0.248 e. The van der Waals surface area contributed by atoms with Crippen molar-refractivity contribution in [3.8, 4) is 0 Å². The maximum atomic E-state index is 13.2. The molecule has 174 valence electrons. The fourth-order valence-corrected chi connectivity index (χ4v) is 3.43. The molecule has 1 heterocycles. The van der Waals surface area contributed by atoms with Gasteiger partial charge in [-0.1, -0.05) is 20.8 Å². The van der Waals surface area contributed by atoms with Gasteiger partial charge in [0.15, 0.2) is 0 Å². The number of hydrogen-bond acceptors (Lipinski definition) is 6. The summed E-state index contributed by atoms with van der Waals surface area (Å²) in [7, 11) is 3.18. The number of ether oxygens (including phenoxy) is 2. The molecule has 1 aliphatic rings. The number of nitrogens with zero attached hydrogens (tertiary/aromatic N) is 3. The second-order valence-electron chi connectivity index (χ2n) is 8.30. The van der Waals surface area contributed by atoms with E-state index < -0.39 is 18.0 Å². The van der Waals surface area contributed by atoms with Crippen LogP contribution in [-0.4, -0.2) is 105 Å². The summed E-state index contributed by atoms with van der Waals surface area (Å²) in [5.74, 6) is -0.812. The van der Waals surface area contributed by atoms with Gasteiger partial charge in [0.25, 0.3) is 0 Å². The van der Waals surface area contributed by atoms with Crippen LogP contribution in [0.15, 0.2) is 0 Å². The van der Waals surface area contributed by atoms with Gasteiger partial charge in [0.05, 0.1) is 26.4 Å². The predicted molar refractivity (Wildman–Crippen MR) is 115 cm³/mol. The second-order valence-corrected chi connectivity index (χ2v) is 8.30. The zero-order chi connectivity index (χ0) is 22.7. The van der Waals surface area contributed by atoms with Gasteiger partial charge in [0, 0.05) is 40.2 Å². The van der Waals surface area contributed by atoms with Crippen molar-refractivity contribution in [1.82, 2.24) is 14.7 Å². The summed E-state index contributed by atoms with van der Waals surface area (Å²) in [5.41, 5.74) is 5.55. The highest BCUT2D eigenvalue weighted by atomic mass is 16.5. The Bertz CT molecular complexity index is 552. The van der Waals surface area contributed by atoms with E-state index in [-0.39, 0.29) is 24.3 Å². The Labute approximate surface area is 180 Å². The summed E-state index contributed by atoms with van der Waals surface area (Å²) in [6.45, 7) is 10.3. The fraction of sp³-hybridized carbons (Fsp3) is 0.857. The Hall–Kier alpha value is -1.71. The molecule has 0 aliphatic carbocycles. The van der Waals surface area contributed by atoms with Gasteiger partial charge in [-0.2, -0.15) is 0 Å². The number of nitrogens with two attached hydrogens (primary N) is 1. The van der Waals surface area contributed by atoms with Crippen molar-refractivity contribution in [3.05, 3.63) is 0 Å². The van der Waals surface area contributed by atoms with E-state index in [1.54, 1.807) is 14.1 Å². The van der Waals surface area contributed by atoms with Crippen molar-refractivity contribution in [3.63, 3.8) is 0 Å². The lowest BCUT2D eigenvalue weighted by atomic mass is 10.0. The van der Waals surface area contributed by atoms with Crippen molar-refractivity contribution in [1.29, 1.82) is 0 Å². The number of likely N-dealkylation sites (N-methyl/N-ethyl adjacent to an activating group) is 2. The molecule has 0 radical (unpaired) electrons. The standard InChI is InChI=1S/C21H40N4O5/c1-6-7-19(26)23(4)18(15-30-13-10-25-8-11-29-12-9-25)21(28)24(5)17(20(22)27)14-16(2)3/h16-18H,6-15H2,1-5H3,(H2,22,27)/t17-,18+/m0/s1. The summed E-state index contributed by atoms with van der Waals surface area (Å²) in [5, 5.41) is 0. The normalized spacial score (nSPS) is 16.9. The van der Waals surface area contributed by atoms with E-state index in [1.807, 2.05) is 20.8 Å². The zero-order valence-corrected chi connectivity index (χ0v) is 19.3. The molecule has 0 aromatic carbocycles. The molecule has 1 aliphatic heterocycles. The van der Waals surface area contributed by atoms with Crippen LogP contribution in [0.5, 0.6) is 0 Å². The Morgan fingerprint density at radius 3 is 2.27 bits per heavy atom. The highest BCUT2D eigenvalue weighted by Crippen LogP contribution is 2.14. The van der Waals surface area contributed by atoms with Crippen LogP contribution in [0.2, 0.25) is 0 Å². The van der Waals surface area contributed by atoms with Crippen LogP contribution in [0, 0.1) is 5.92 Å². The van der Waals surface area contributed by atoms with Crippen molar-refractivity contribution >= 4 is 17.7 Å². The number of morpholine rings is 1. The molecule has 1 rings (SSSR count). The van der Waals surface area contributed by atoms with E-state index in [4.69, 9.17) is 15.2 Å². The van der Waals surface area contributed by atoms with E-state index in [1.165, 1.54) is 9.80 Å². The van der Waals surface area contributed by atoms with Crippen molar-refractivity contribution in [2.24, 2.45) is 11.7 Å². The van der Waals surface area contributed by atoms with Crippen molar-refractivity contribution < 1.29 is 23.9 Å². The average Bonchev–Trinajstić information content (AvgIpc) is 2.71. The number of primary amides is 1. The molecule has 0 spiro atoms. The van der Waals surface area contributed by atoms with Gasteiger partial charge in [0.1, 0.15) is 12.1 Å². The van der Waals surface area contributed by atoms with Crippen molar-refractivity contribution in [2.75, 3.05) is 60.2 Å². The first kappa shape index (κ1) is 26.3. The first-order chi connectivity index (χ1) is 14.2. The molecule has 0 aromatic heterocycles. The van der Waals surface area contributed by atoms with E-state index in [2.05, 4.69) is 4.90 Å². The van der Waals surface area contributed by atoms with E-state index >= 15 is 0 Å². The second kappa shape index (κ2) is 13.6. The van der Waals surface area contributed by atoms with Crippen LogP contribution in [0.4, 0.5) is 0 Å². The van der Waals surface area contributed by atoms with Gasteiger partial charge in [0.2, 0.25) is 17.7 Å². The molecule has 0 aromatic rings. The van der Waals surface area contributed by atoms with E-state index in [0.29, 0.717) is 39.1 Å². The molecule has 1 fully saturated rings. The minimum atomic E-state index is -0.798. The van der Waals surface area contributed by atoms with Gasteiger partial charge in [-0.05, 0) is 18.8 Å². The number of carbonyl (C=O) groups excluding carboxylic acids is 3. The molecule has 9 nitrogen and oxygen atoms in total. The number of rotatable bonds is 13. The minimum Gasteiger partial charge on any atom is -0.379 e. The summed E-state index contributed by atoms with van der Waals surface area (Å²) < 4.78 is 11.1. The number of carbonyl (C=O) groups is 3. The Kier molecular flexibility index (Phi) is 11.9. The number of amides is 3. The lowest BCUT2D eigenvalue weighted by Gasteiger charge is -2.34. The highest BCUT2D eigenvalue weighted by Gasteiger charge is 2.34. The highest BCUT2D eigenvalue weighted by molar-refractivity contribution is 5.91. The molecule has 0 unspecified atom stereocenters. The first-order valence-electron chi connectivity index (χ1n) is 10.9. The molecule has 3 amide bonds. The average molecular weight is 429 g/mol. The van der Waals surface area contributed by atoms with Gasteiger partial charge >= 0.3 is 0 Å². The van der Waals surface area contributed by atoms with Crippen LogP contribution in [0.25, 0.3) is 0 Å². The van der Waals surface area contributed by atoms with Crippen molar-refractivity contribution in [2.45, 2.75) is 52.1 Å². The van der Waals surface area contributed by atoms with Crippen LogP contribution >= 0.6 is 0 Å². The van der Waals surface area contributed by atoms with Gasteiger partial charge in [-0.3, -0.25) is 19.3 Å². The molecule has 9 heteroatoms. The lowest BCUT2D eigenvalue weighted by molar-refractivity contribution is -0.149. The summed E-state index contributed by atoms with van der Waals surface area (Å²) in [4.78, 5) is 42.7. The Balaban J connectivity index is 2.80. The van der Waals surface area contributed by atoms with Crippen LogP contribution < -0.4 is 5.73 Å². The van der Waals surface area contributed by atoms with Gasteiger partial charge in [-0.15, -0.1) is 0 Å². The zero-order valence-electron chi connectivity index (χ0n) is 19.3. The molecule has 1 saturated heterocycles. The predicted octanol–water partition coefficient (Wildman–Crippen LogP) is 0.321. The monoisotopic (exact) mass is 428 g/mol. The van der Waals surface area contributed by atoms with Crippen LogP contribution in [-0.2, 0) is 23.9 Å². The van der Waals surface area contributed by atoms with E-state index in [0.717, 1.165) is 19.6 Å². The summed E-state index contributed by atoms with van der Waals surface area (Å²) in [6, 6.07) is -1.52. The Morgan fingerprint density at radius 2 is 1.73 bits per heavy atom. The summed E-state index contributed by atoms with van der Waals surface area (Å²) in [6.07, 6.45) is 1.51. The minimum absolute atomic E-state index is 0.0760. The lowest BCUT2D eigenvalue weighted by Crippen LogP contribution is -2.55. The first-order valence-corrected chi connectivity index (χ1v) is 10.9. The summed E-state index contributed by atoms with van der Waals surface area (Å²) >= 11 is 0.